The van der Waals surface area contributed by atoms with Crippen molar-refractivity contribution in [3.63, 3.8) is 0 Å². The van der Waals surface area contributed by atoms with Crippen LogP contribution >= 0.6 is 0 Å². The number of aromatic nitrogens is 3. The molecule has 2 aliphatic rings. The summed E-state index contributed by atoms with van der Waals surface area (Å²) in [6.07, 6.45) is 5.62. The molecule has 7 nitrogen and oxygen atoms in total. The van der Waals surface area contributed by atoms with Crippen molar-refractivity contribution in [2.75, 3.05) is 35.7 Å². The number of piperidine rings is 1. The van der Waals surface area contributed by atoms with Crippen molar-refractivity contribution in [1.29, 1.82) is 0 Å². The van der Waals surface area contributed by atoms with Crippen molar-refractivity contribution in [2.45, 2.75) is 44.7 Å². The predicted octanol–water partition coefficient (Wildman–Crippen LogP) is 4.06. The van der Waals surface area contributed by atoms with Crippen molar-refractivity contribution < 1.29 is 4.74 Å². The summed E-state index contributed by atoms with van der Waals surface area (Å²) in [5, 5.41) is 6.96. The first-order chi connectivity index (χ1) is 15.8. The number of hydrogen-bond donors (Lipinski definition) is 2. The molecule has 32 heavy (non-hydrogen) atoms. The van der Waals surface area contributed by atoms with Gasteiger partial charge in [0.05, 0.1) is 7.11 Å². The fourth-order valence-corrected chi connectivity index (χ4v) is 4.55. The van der Waals surface area contributed by atoms with E-state index in [9.17, 15) is 0 Å². The van der Waals surface area contributed by atoms with Crippen LogP contribution in [0.4, 0.5) is 17.8 Å². The normalized spacial score (nSPS) is 16.0. The first kappa shape index (κ1) is 20.5. The van der Waals surface area contributed by atoms with Crippen molar-refractivity contribution >= 4 is 17.8 Å². The van der Waals surface area contributed by atoms with E-state index in [0.717, 1.165) is 43.2 Å². The third kappa shape index (κ3) is 4.77. The second-order valence-electron chi connectivity index (χ2n) is 8.55. The lowest BCUT2D eigenvalue weighted by atomic mass is 10.1. The molecule has 2 heterocycles. The van der Waals surface area contributed by atoms with Crippen LogP contribution in [-0.4, -0.2) is 41.2 Å². The Morgan fingerprint density at radius 3 is 2.41 bits per heavy atom. The summed E-state index contributed by atoms with van der Waals surface area (Å²) < 4.78 is 5.34. The maximum atomic E-state index is 5.34. The van der Waals surface area contributed by atoms with Gasteiger partial charge in [0.2, 0.25) is 17.8 Å². The van der Waals surface area contributed by atoms with Gasteiger partial charge in [-0.1, -0.05) is 36.4 Å². The van der Waals surface area contributed by atoms with Gasteiger partial charge in [-0.05, 0) is 60.9 Å². The molecule has 7 heteroatoms. The molecule has 3 aromatic rings. The Labute approximate surface area is 189 Å². The smallest absolute Gasteiger partial charge is 0.231 e. The summed E-state index contributed by atoms with van der Waals surface area (Å²) in [5.41, 5.74) is 3.93. The molecule has 2 aromatic carbocycles. The fourth-order valence-electron chi connectivity index (χ4n) is 4.55. The van der Waals surface area contributed by atoms with E-state index in [1.54, 1.807) is 7.11 Å². The molecule has 1 aromatic heterocycles. The Bertz CT molecular complexity index is 1040. The Hall–Kier alpha value is -3.35. The first-order valence-electron chi connectivity index (χ1n) is 11.5. The zero-order valence-corrected chi connectivity index (χ0v) is 18.6. The van der Waals surface area contributed by atoms with Crippen molar-refractivity contribution in [1.82, 2.24) is 15.0 Å². The number of anilines is 3. The number of nitrogens with zero attached hydrogens (tertiary/aromatic N) is 4. The van der Waals surface area contributed by atoms with E-state index < -0.39 is 0 Å². The van der Waals surface area contributed by atoms with E-state index in [1.165, 1.54) is 30.4 Å². The summed E-state index contributed by atoms with van der Waals surface area (Å²) in [6.45, 7) is 2.61. The highest BCUT2D eigenvalue weighted by atomic mass is 16.5. The SMILES string of the molecule is COc1cccc(CNc2nc(NC3Cc4ccccc4C3)nc(N3CCCCC3)n2)c1. The minimum Gasteiger partial charge on any atom is -0.497 e. The Morgan fingerprint density at radius 1 is 0.906 bits per heavy atom. The molecule has 1 aliphatic heterocycles. The summed E-state index contributed by atoms with van der Waals surface area (Å²) in [6, 6.07) is 17.0. The van der Waals surface area contributed by atoms with E-state index in [0.29, 0.717) is 24.5 Å². The highest BCUT2D eigenvalue weighted by molar-refractivity contribution is 5.46. The van der Waals surface area contributed by atoms with Gasteiger partial charge in [-0.3, -0.25) is 0 Å². The summed E-state index contributed by atoms with van der Waals surface area (Å²) in [5.74, 6) is 2.84. The van der Waals surface area contributed by atoms with E-state index >= 15 is 0 Å². The van der Waals surface area contributed by atoms with Crippen LogP contribution in [0, 0.1) is 0 Å². The zero-order valence-electron chi connectivity index (χ0n) is 18.6. The molecular weight excluding hydrogens is 400 g/mol. The molecule has 1 fully saturated rings. The maximum absolute atomic E-state index is 5.34. The Kier molecular flexibility index (Phi) is 6.05. The summed E-state index contributed by atoms with van der Waals surface area (Å²) in [4.78, 5) is 16.5. The van der Waals surface area contributed by atoms with Gasteiger partial charge < -0.3 is 20.3 Å². The zero-order chi connectivity index (χ0) is 21.8. The Balaban J connectivity index is 1.34. The third-order valence-electron chi connectivity index (χ3n) is 6.23. The van der Waals surface area contributed by atoms with Crippen LogP contribution in [0.5, 0.6) is 5.75 Å². The molecule has 0 unspecified atom stereocenters. The molecule has 0 saturated carbocycles. The van der Waals surface area contributed by atoms with Crippen LogP contribution in [0.2, 0.25) is 0 Å². The standard InChI is InChI=1S/C25H30N6O/c1-32-22-11-7-8-18(14-22)17-26-23-28-24(30-25(29-23)31-12-5-2-6-13-31)27-21-15-19-9-3-4-10-20(19)16-21/h3-4,7-11,14,21H,2,5-6,12-13,15-17H2,1H3,(H2,26,27,28,29,30). The number of benzene rings is 2. The van der Waals surface area contributed by atoms with Crippen LogP contribution < -0.4 is 20.3 Å². The largest absolute Gasteiger partial charge is 0.497 e. The van der Waals surface area contributed by atoms with Crippen molar-refractivity contribution in [2.24, 2.45) is 0 Å². The van der Waals surface area contributed by atoms with E-state index in [4.69, 9.17) is 19.7 Å². The second-order valence-corrected chi connectivity index (χ2v) is 8.55. The van der Waals surface area contributed by atoms with Crippen LogP contribution in [0.1, 0.15) is 36.0 Å². The molecular formula is C25H30N6O. The average molecular weight is 431 g/mol. The topological polar surface area (TPSA) is 75.2 Å². The van der Waals surface area contributed by atoms with Gasteiger partial charge >= 0.3 is 0 Å². The van der Waals surface area contributed by atoms with Gasteiger partial charge in [-0.25, -0.2) is 0 Å². The van der Waals surface area contributed by atoms with Crippen LogP contribution in [0.3, 0.4) is 0 Å². The van der Waals surface area contributed by atoms with E-state index in [-0.39, 0.29) is 0 Å². The molecule has 166 valence electrons. The van der Waals surface area contributed by atoms with Crippen molar-refractivity contribution in [3.8, 4) is 5.75 Å². The lowest BCUT2D eigenvalue weighted by Gasteiger charge is -2.27. The molecule has 0 spiro atoms. The molecule has 1 aliphatic carbocycles. The maximum Gasteiger partial charge on any atom is 0.231 e. The molecule has 0 amide bonds. The number of hydrogen-bond acceptors (Lipinski definition) is 7. The molecule has 0 radical (unpaired) electrons. The molecule has 0 atom stereocenters. The minimum atomic E-state index is 0.301. The first-order valence-corrected chi connectivity index (χ1v) is 11.5. The fraction of sp³-hybridized carbons (Fsp3) is 0.400. The lowest BCUT2D eigenvalue weighted by molar-refractivity contribution is 0.414. The monoisotopic (exact) mass is 430 g/mol. The predicted molar refractivity (Wildman–Crippen MR) is 127 cm³/mol. The number of methoxy groups -OCH3 is 1. The van der Waals surface area contributed by atoms with E-state index in [2.05, 4.69) is 45.9 Å². The van der Waals surface area contributed by atoms with Gasteiger partial charge in [-0.2, -0.15) is 15.0 Å². The highest BCUT2D eigenvalue weighted by Crippen LogP contribution is 2.25. The van der Waals surface area contributed by atoms with Crippen LogP contribution in [0.15, 0.2) is 48.5 Å². The minimum absolute atomic E-state index is 0.301. The summed E-state index contributed by atoms with van der Waals surface area (Å²) >= 11 is 0. The van der Waals surface area contributed by atoms with Crippen LogP contribution in [-0.2, 0) is 19.4 Å². The van der Waals surface area contributed by atoms with Gasteiger partial charge in [-0.15, -0.1) is 0 Å². The molecule has 0 bridgehead atoms. The van der Waals surface area contributed by atoms with E-state index in [1.807, 2.05) is 18.2 Å². The second kappa shape index (κ2) is 9.42. The van der Waals surface area contributed by atoms with Gasteiger partial charge in [0, 0.05) is 25.7 Å². The number of ether oxygens (including phenoxy) is 1. The average Bonchev–Trinajstić information content (AvgIpc) is 3.25. The highest BCUT2D eigenvalue weighted by Gasteiger charge is 2.23. The van der Waals surface area contributed by atoms with Gasteiger partial charge in [0.1, 0.15) is 5.75 Å². The lowest BCUT2D eigenvalue weighted by Crippen LogP contribution is -2.32. The van der Waals surface area contributed by atoms with Gasteiger partial charge in [0.15, 0.2) is 0 Å². The van der Waals surface area contributed by atoms with Gasteiger partial charge in [0.25, 0.3) is 0 Å². The third-order valence-corrected chi connectivity index (χ3v) is 6.23. The summed E-state index contributed by atoms with van der Waals surface area (Å²) in [7, 11) is 1.68. The number of nitrogens with one attached hydrogen (secondary N) is 2. The molecule has 1 saturated heterocycles. The quantitative estimate of drug-likeness (QED) is 0.585. The Morgan fingerprint density at radius 2 is 1.66 bits per heavy atom. The van der Waals surface area contributed by atoms with Crippen molar-refractivity contribution in [3.05, 3.63) is 65.2 Å². The molecule has 2 N–H and O–H groups in total. The molecule has 5 rings (SSSR count). The van der Waals surface area contributed by atoms with Crippen LogP contribution in [0.25, 0.3) is 0 Å². The number of fused-ring (bicyclic) bond motifs is 1. The number of rotatable bonds is 7.